The summed E-state index contributed by atoms with van der Waals surface area (Å²) in [5, 5.41) is 3.68. The summed E-state index contributed by atoms with van der Waals surface area (Å²) >= 11 is 1.40. The van der Waals surface area contributed by atoms with Crippen LogP contribution in [0.2, 0.25) is 0 Å². The zero-order valence-corrected chi connectivity index (χ0v) is 20.3. The highest BCUT2D eigenvalue weighted by molar-refractivity contribution is 8.17. The first-order valence-corrected chi connectivity index (χ1v) is 12.1. The Hall–Kier alpha value is -2.81. The van der Waals surface area contributed by atoms with E-state index >= 15 is 0 Å². The molecule has 2 heterocycles. The van der Waals surface area contributed by atoms with Gasteiger partial charge in [-0.1, -0.05) is 31.0 Å². The van der Waals surface area contributed by atoms with Gasteiger partial charge in [0.2, 0.25) is 0 Å². The van der Waals surface area contributed by atoms with Crippen molar-refractivity contribution in [2.24, 2.45) is 5.92 Å². The number of carbonyl (C=O) groups is 3. The van der Waals surface area contributed by atoms with Crippen molar-refractivity contribution in [3.63, 3.8) is 0 Å². The van der Waals surface area contributed by atoms with E-state index in [1.807, 2.05) is 13.8 Å². The third-order valence-corrected chi connectivity index (χ3v) is 7.84. The molecule has 0 radical (unpaired) electrons. The van der Waals surface area contributed by atoms with E-state index in [1.165, 1.54) is 37.0 Å². The maximum Gasteiger partial charge on any atom is 0.507 e. The van der Waals surface area contributed by atoms with E-state index < -0.39 is 11.9 Å². The molecule has 4 amide bonds. The van der Waals surface area contributed by atoms with Gasteiger partial charge in [0.1, 0.15) is 5.75 Å². The first-order chi connectivity index (χ1) is 15.8. The number of thioether (sulfide) groups is 1. The average Bonchev–Trinajstić information content (AvgIpc) is 3.11. The molecule has 4 rings (SSSR count). The largest absolute Gasteiger partial charge is 0.507 e. The topological polar surface area (TPSA) is 88.0 Å². The van der Waals surface area contributed by atoms with Crippen molar-refractivity contribution in [1.29, 1.82) is 0 Å². The van der Waals surface area contributed by atoms with Crippen molar-refractivity contribution in [3.05, 3.63) is 28.7 Å². The second kappa shape index (κ2) is 9.59. The Morgan fingerprint density at radius 3 is 2.55 bits per heavy atom. The fraction of sp³-hybridized carbons (Fsp3) is 0.500. The molecular weight excluding hydrogens is 442 g/mol. The lowest BCUT2D eigenvalue weighted by Crippen LogP contribution is -2.56. The van der Waals surface area contributed by atoms with Crippen LogP contribution in [-0.2, 0) is 9.59 Å². The SMILES string of the molecule is COc1ccc(N2C(=O)C3C(C)=C(C)SC3=[N+](CC(=O)NC3CCCCC3)C2=O)c(OC)c1. The van der Waals surface area contributed by atoms with Crippen molar-refractivity contribution in [2.75, 3.05) is 25.7 Å². The summed E-state index contributed by atoms with van der Waals surface area (Å²) in [6.07, 6.45) is 5.32. The van der Waals surface area contributed by atoms with Crippen LogP contribution in [0.5, 0.6) is 11.5 Å². The molecule has 0 saturated heterocycles. The lowest BCUT2D eigenvalue weighted by atomic mass is 9.95. The molecule has 1 N–H and O–H groups in total. The molecule has 0 spiro atoms. The Labute approximate surface area is 198 Å². The van der Waals surface area contributed by atoms with Crippen LogP contribution in [-0.4, -0.2) is 54.3 Å². The second-order valence-electron chi connectivity index (χ2n) is 8.60. The van der Waals surface area contributed by atoms with Crippen LogP contribution < -0.4 is 19.7 Å². The van der Waals surface area contributed by atoms with Crippen molar-refractivity contribution in [3.8, 4) is 11.5 Å². The van der Waals surface area contributed by atoms with Crippen LogP contribution in [0.1, 0.15) is 46.0 Å². The third kappa shape index (κ3) is 4.38. The van der Waals surface area contributed by atoms with Crippen LogP contribution in [0.3, 0.4) is 0 Å². The first kappa shape index (κ1) is 23.4. The van der Waals surface area contributed by atoms with Gasteiger partial charge >= 0.3 is 11.9 Å². The minimum atomic E-state index is -0.595. The van der Waals surface area contributed by atoms with Crippen molar-refractivity contribution in [2.45, 2.75) is 52.0 Å². The second-order valence-corrected chi connectivity index (χ2v) is 9.83. The molecule has 0 bridgehead atoms. The van der Waals surface area contributed by atoms with E-state index in [0.29, 0.717) is 22.2 Å². The highest BCUT2D eigenvalue weighted by atomic mass is 32.2. The van der Waals surface area contributed by atoms with Gasteiger partial charge in [0, 0.05) is 12.1 Å². The molecule has 33 heavy (non-hydrogen) atoms. The molecule has 1 saturated carbocycles. The zero-order chi connectivity index (χ0) is 23.7. The minimum Gasteiger partial charge on any atom is -0.497 e. The van der Waals surface area contributed by atoms with Crippen LogP contribution in [0, 0.1) is 5.92 Å². The van der Waals surface area contributed by atoms with Gasteiger partial charge in [-0.05, 0) is 49.3 Å². The Morgan fingerprint density at radius 2 is 1.88 bits per heavy atom. The predicted molar refractivity (Wildman–Crippen MR) is 127 cm³/mol. The molecule has 1 unspecified atom stereocenters. The zero-order valence-electron chi connectivity index (χ0n) is 19.5. The Balaban J connectivity index is 1.70. The van der Waals surface area contributed by atoms with E-state index in [9.17, 15) is 14.4 Å². The van der Waals surface area contributed by atoms with E-state index in [0.717, 1.165) is 41.1 Å². The lowest BCUT2D eigenvalue weighted by Gasteiger charge is -2.26. The van der Waals surface area contributed by atoms with Gasteiger partial charge in [0.15, 0.2) is 28.9 Å². The fourth-order valence-corrected chi connectivity index (χ4v) is 5.87. The Morgan fingerprint density at radius 1 is 1.15 bits per heavy atom. The number of methoxy groups -OCH3 is 2. The lowest BCUT2D eigenvalue weighted by molar-refractivity contribution is -0.414. The van der Waals surface area contributed by atoms with Gasteiger partial charge in [-0.25, -0.2) is 4.79 Å². The Kier molecular flexibility index (Phi) is 6.78. The molecule has 1 aliphatic carbocycles. The summed E-state index contributed by atoms with van der Waals surface area (Å²) in [5.41, 5.74) is 1.22. The van der Waals surface area contributed by atoms with Gasteiger partial charge in [0.05, 0.1) is 14.2 Å². The summed E-state index contributed by atoms with van der Waals surface area (Å²) in [6.45, 7) is 3.70. The molecule has 2 aliphatic heterocycles. The van der Waals surface area contributed by atoms with Gasteiger partial charge in [-0.2, -0.15) is 9.37 Å². The number of rotatable bonds is 6. The summed E-state index contributed by atoms with van der Waals surface area (Å²) < 4.78 is 12.2. The summed E-state index contributed by atoms with van der Waals surface area (Å²) in [4.78, 5) is 42.2. The number of nitrogens with one attached hydrogen (secondary N) is 1. The normalized spacial score (nSPS) is 21.5. The number of allylic oxidation sites excluding steroid dienone is 1. The van der Waals surface area contributed by atoms with E-state index in [4.69, 9.17) is 9.47 Å². The number of carbonyl (C=O) groups excluding carboxylic acids is 3. The molecule has 0 aromatic heterocycles. The highest BCUT2D eigenvalue weighted by Gasteiger charge is 2.54. The van der Waals surface area contributed by atoms with E-state index in [2.05, 4.69) is 5.32 Å². The molecule has 1 fully saturated rings. The fourth-order valence-electron chi connectivity index (χ4n) is 4.63. The number of benzene rings is 1. The third-order valence-electron chi connectivity index (χ3n) is 6.55. The number of hydrogen-bond donors (Lipinski definition) is 1. The van der Waals surface area contributed by atoms with Crippen molar-refractivity contribution in [1.82, 2.24) is 5.32 Å². The molecule has 3 aliphatic rings. The number of urea groups is 1. The van der Waals surface area contributed by atoms with Gasteiger partial charge in [-0.15, -0.1) is 4.90 Å². The number of anilines is 1. The van der Waals surface area contributed by atoms with Gasteiger partial charge in [0.25, 0.3) is 5.91 Å². The number of fused-ring (bicyclic) bond motifs is 1. The van der Waals surface area contributed by atoms with Gasteiger partial charge in [-0.3, -0.25) is 4.79 Å². The Bertz CT molecular complexity index is 1060. The van der Waals surface area contributed by atoms with Crippen LogP contribution in [0.4, 0.5) is 10.5 Å². The standard InChI is InChI=1S/C24H29N3O5S/c1-14-15(2)33-23-21(14)22(29)27(18-11-10-17(31-3)12-19(18)32-4)24(30)26(23)13-20(28)25-16-8-6-5-7-9-16/h10-12,16,21H,5-9,13H2,1-4H3/p+1. The number of imide groups is 1. The van der Waals surface area contributed by atoms with Crippen molar-refractivity contribution >= 4 is 40.3 Å². The van der Waals surface area contributed by atoms with Crippen molar-refractivity contribution < 1.29 is 28.4 Å². The molecule has 176 valence electrons. The maximum atomic E-state index is 13.7. The summed E-state index contributed by atoms with van der Waals surface area (Å²) in [6, 6.07) is 4.53. The summed E-state index contributed by atoms with van der Waals surface area (Å²) in [5.74, 6) is -0.256. The predicted octanol–water partition coefficient (Wildman–Crippen LogP) is 3.69. The van der Waals surface area contributed by atoms with Crippen LogP contribution in [0.25, 0.3) is 0 Å². The molecule has 1 atom stereocenters. The quantitative estimate of drug-likeness (QED) is 0.636. The number of ether oxygens (including phenoxy) is 2. The highest BCUT2D eigenvalue weighted by Crippen LogP contribution is 2.43. The van der Waals surface area contributed by atoms with E-state index in [-0.39, 0.29) is 24.4 Å². The van der Waals surface area contributed by atoms with Crippen LogP contribution >= 0.6 is 11.8 Å². The van der Waals surface area contributed by atoms with Gasteiger partial charge < -0.3 is 14.8 Å². The maximum absolute atomic E-state index is 13.7. The number of nitrogens with zero attached hydrogens (tertiary/aromatic N) is 2. The molecule has 8 nitrogen and oxygen atoms in total. The monoisotopic (exact) mass is 472 g/mol. The first-order valence-electron chi connectivity index (χ1n) is 11.2. The average molecular weight is 473 g/mol. The number of hydrogen-bond acceptors (Lipinski definition) is 6. The van der Waals surface area contributed by atoms with Crippen LogP contribution in [0.15, 0.2) is 28.7 Å². The molecule has 1 aromatic carbocycles. The smallest absolute Gasteiger partial charge is 0.497 e. The molecular formula is C24H30N3O5S+. The summed E-state index contributed by atoms with van der Waals surface area (Å²) in [7, 11) is 3.01. The number of amides is 4. The molecule has 1 aromatic rings. The minimum absolute atomic E-state index is 0.128. The van der Waals surface area contributed by atoms with E-state index in [1.54, 1.807) is 18.2 Å². The molecule has 9 heteroatoms.